The first-order valence-electron chi connectivity index (χ1n) is 11.7. The van der Waals surface area contributed by atoms with Crippen molar-refractivity contribution in [1.82, 2.24) is 9.47 Å². The summed E-state index contributed by atoms with van der Waals surface area (Å²) in [7, 11) is 0. The summed E-state index contributed by atoms with van der Waals surface area (Å²) in [5.74, 6) is -1.53. The second-order valence-electron chi connectivity index (χ2n) is 10.4. The highest BCUT2D eigenvalue weighted by Crippen LogP contribution is 2.38. The Morgan fingerprint density at radius 2 is 1.80 bits per heavy atom. The zero-order chi connectivity index (χ0) is 25.1. The van der Waals surface area contributed by atoms with Crippen LogP contribution in [0, 0.1) is 5.82 Å². The van der Waals surface area contributed by atoms with Gasteiger partial charge in [0.1, 0.15) is 11.4 Å². The number of halogens is 1. The van der Waals surface area contributed by atoms with E-state index >= 15 is 4.39 Å². The molecule has 0 amide bonds. The molecule has 1 saturated heterocycles. The minimum Gasteiger partial charge on any atom is -0.477 e. The standard InChI is InChI=1S/C25H28FN3O6/c1-25(2,3)22-20(34-24(33)35-22)13-27-6-8-28(9-7-27)19-11-18-15(10-17(19)26)21(30)16(23(31)32)12-29(18)14-4-5-14/h10-12,14H,4-9,13H2,1-3H3,(H,31,32). The Morgan fingerprint density at radius 1 is 1.11 bits per heavy atom. The number of benzene rings is 1. The monoisotopic (exact) mass is 485 g/mol. The van der Waals surface area contributed by atoms with Gasteiger partial charge in [0, 0.05) is 49.2 Å². The molecule has 5 rings (SSSR count). The molecule has 0 radical (unpaired) electrons. The number of aromatic nitrogens is 1. The zero-order valence-electron chi connectivity index (χ0n) is 20.0. The molecule has 1 N–H and O–H groups in total. The van der Waals surface area contributed by atoms with Crippen LogP contribution in [0.3, 0.4) is 0 Å². The van der Waals surface area contributed by atoms with E-state index in [0.717, 1.165) is 12.8 Å². The third-order valence-corrected chi connectivity index (χ3v) is 6.68. The van der Waals surface area contributed by atoms with Crippen molar-refractivity contribution in [3.05, 3.63) is 62.1 Å². The average molecular weight is 486 g/mol. The molecule has 0 unspecified atom stereocenters. The Bertz CT molecular complexity index is 1420. The first-order chi connectivity index (χ1) is 16.5. The van der Waals surface area contributed by atoms with Gasteiger partial charge in [-0.05, 0) is 25.0 Å². The largest absolute Gasteiger partial charge is 0.519 e. The Kier molecular flexibility index (Phi) is 5.58. The van der Waals surface area contributed by atoms with Gasteiger partial charge < -0.3 is 23.4 Å². The fourth-order valence-corrected chi connectivity index (χ4v) is 4.74. The fourth-order valence-electron chi connectivity index (χ4n) is 4.74. The van der Waals surface area contributed by atoms with Crippen molar-refractivity contribution >= 4 is 22.6 Å². The number of nitrogens with zero attached hydrogens (tertiary/aromatic N) is 3. The number of fused-ring (bicyclic) bond motifs is 1. The van der Waals surface area contributed by atoms with Crippen molar-refractivity contribution in [3.63, 3.8) is 0 Å². The topological polar surface area (TPSA) is 109 Å². The molecule has 0 bridgehead atoms. The highest BCUT2D eigenvalue weighted by molar-refractivity contribution is 5.93. The molecule has 0 spiro atoms. The van der Waals surface area contributed by atoms with Crippen LogP contribution in [0.4, 0.5) is 10.1 Å². The van der Waals surface area contributed by atoms with E-state index in [-0.39, 0.29) is 22.4 Å². The number of carbonyl (C=O) groups is 1. The SMILES string of the molecule is CC(C)(C)c1oc(=O)oc1CN1CCN(c2cc3c(cc2F)c(=O)c(C(=O)O)cn3C2CC2)CC1. The number of rotatable bonds is 5. The van der Waals surface area contributed by atoms with Gasteiger partial charge in [0.2, 0.25) is 5.43 Å². The van der Waals surface area contributed by atoms with E-state index in [2.05, 4.69) is 4.90 Å². The Labute approximate surface area is 200 Å². The van der Waals surface area contributed by atoms with E-state index in [1.807, 2.05) is 25.7 Å². The highest BCUT2D eigenvalue weighted by atomic mass is 19.1. The molecule has 1 saturated carbocycles. The smallest absolute Gasteiger partial charge is 0.477 e. The molecule has 3 aromatic rings. The van der Waals surface area contributed by atoms with E-state index in [0.29, 0.717) is 55.4 Å². The van der Waals surface area contributed by atoms with Gasteiger partial charge in [-0.3, -0.25) is 9.69 Å². The summed E-state index contributed by atoms with van der Waals surface area (Å²) in [6.45, 7) is 8.58. The van der Waals surface area contributed by atoms with Crippen molar-refractivity contribution in [3.8, 4) is 0 Å². The molecule has 35 heavy (non-hydrogen) atoms. The molecule has 9 nitrogen and oxygen atoms in total. The number of anilines is 1. The Hall–Kier alpha value is -3.40. The number of aromatic carboxylic acids is 1. The summed E-state index contributed by atoms with van der Waals surface area (Å²) in [5.41, 5.74) is -0.438. The summed E-state index contributed by atoms with van der Waals surface area (Å²) in [6, 6.07) is 2.95. The maximum Gasteiger partial charge on any atom is 0.519 e. The normalized spacial score (nSPS) is 17.3. The molecular weight excluding hydrogens is 457 g/mol. The van der Waals surface area contributed by atoms with Gasteiger partial charge in [-0.1, -0.05) is 20.8 Å². The van der Waals surface area contributed by atoms with Crippen molar-refractivity contribution < 1.29 is 23.1 Å². The minimum absolute atomic E-state index is 0.0846. The second kappa shape index (κ2) is 8.37. The van der Waals surface area contributed by atoms with Gasteiger partial charge in [0.05, 0.1) is 17.7 Å². The van der Waals surface area contributed by atoms with Crippen LogP contribution in [0.1, 0.15) is 61.5 Å². The lowest BCUT2D eigenvalue weighted by Gasteiger charge is -2.36. The van der Waals surface area contributed by atoms with Gasteiger partial charge >= 0.3 is 11.8 Å². The summed E-state index contributed by atoms with van der Waals surface area (Å²) < 4.78 is 27.5. The molecule has 10 heteroatoms. The molecule has 186 valence electrons. The third kappa shape index (κ3) is 4.38. The number of carboxylic acid groups (broad SMARTS) is 1. The van der Waals surface area contributed by atoms with Crippen molar-refractivity contribution in [2.75, 3.05) is 31.1 Å². The first kappa shape index (κ1) is 23.3. The molecule has 0 atom stereocenters. The number of pyridine rings is 1. The summed E-state index contributed by atoms with van der Waals surface area (Å²) in [5, 5.41) is 9.51. The van der Waals surface area contributed by atoms with E-state index in [1.54, 1.807) is 10.6 Å². The van der Waals surface area contributed by atoms with Crippen molar-refractivity contribution in [2.45, 2.75) is 51.6 Å². The maximum absolute atomic E-state index is 15.2. The third-order valence-electron chi connectivity index (χ3n) is 6.68. The van der Waals surface area contributed by atoms with Gasteiger partial charge in [0.15, 0.2) is 11.5 Å². The van der Waals surface area contributed by atoms with Crippen LogP contribution >= 0.6 is 0 Å². The van der Waals surface area contributed by atoms with Gasteiger partial charge in [-0.25, -0.2) is 14.0 Å². The molecule has 1 aliphatic heterocycles. The van der Waals surface area contributed by atoms with E-state index in [1.165, 1.54) is 12.3 Å². The van der Waals surface area contributed by atoms with Gasteiger partial charge in [0.25, 0.3) is 0 Å². The van der Waals surface area contributed by atoms with E-state index in [4.69, 9.17) is 8.83 Å². The van der Waals surface area contributed by atoms with Gasteiger partial charge in [-0.15, -0.1) is 0 Å². The molecule has 2 aliphatic rings. The average Bonchev–Trinajstić information content (AvgIpc) is 3.56. The molecular formula is C25H28FN3O6. The van der Waals surface area contributed by atoms with Crippen LogP contribution in [0.2, 0.25) is 0 Å². The van der Waals surface area contributed by atoms with Crippen molar-refractivity contribution in [2.24, 2.45) is 0 Å². The van der Waals surface area contributed by atoms with Crippen LogP contribution in [0.15, 0.2) is 36.8 Å². The predicted octanol–water partition coefficient (Wildman–Crippen LogP) is 3.34. The van der Waals surface area contributed by atoms with Crippen LogP contribution in [-0.4, -0.2) is 46.7 Å². The Balaban J connectivity index is 1.40. The van der Waals surface area contributed by atoms with E-state index in [9.17, 15) is 19.5 Å². The molecule has 2 aromatic heterocycles. The van der Waals surface area contributed by atoms with Crippen LogP contribution in [0.5, 0.6) is 0 Å². The molecule has 2 fully saturated rings. The van der Waals surface area contributed by atoms with E-state index < -0.39 is 23.0 Å². The highest BCUT2D eigenvalue weighted by Gasteiger charge is 2.30. The maximum atomic E-state index is 15.2. The second-order valence-corrected chi connectivity index (χ2v) is 10.4. The lowest BCUT2D eigenvalue weighted by Crippen LogP contribution is -2.46. The molecule has 1 aromatic carbocycles. The lowest BCUT2D eigenvalue weighted by atomic mass is 9.92. The van der Waals surface area contributed by atoms with Crippen molar-refractivity contribution in [1.29, 1.82) is 0 Å². The number of hydrogen-bond donors (Lipinski definition) is 1. The quantitative estimate of drug-likeness (QED) is 0.586. The summed E-state index contributed by atoms with van der Waals surface area (Å²) in [4.78, 5) is 40.0. The zero-order valence-corrected chi connectivity index (χ0v) is 20.0. The summed E-state index contributed by atoms with van der Waals surface area (Å²) in [6.07, 6.45) is 3.17. The van der Waals surface area contributed by atoms with Crippen LogP contribution in [-0.2, 0) is 12.0 Å². The fraction of sp³-hybridized carbons (Fsp3) is 0.480. The summed E-state index contributed by atoms with van der Waals surface area (Å²) >= 11 is 0. The van der Waals surface area contributed by atoms with Crippen LogP contribution in [0.25, 0.3) is 10.9 Å². The van der Waals surface area contributed by atoms with Gasteiger partial charge in [-0.2, -0.15) is 0 Å². The predicted molar refractivity (Wildman–Crippen MR) is 127 cm³/mol. The first-order valence-corrected chi connectivity index (χ1v) is 11.7. The lowest BCUT2D eigenvalue weighted by molar-refractivity contribution is 0.0695. The molecule has 1 aliphatic carbocycles. The Morgan fingerprint density at radius 3 is 2.40 bits per heavy atom. The molecule has 3 heterocycles. The number of hydrogen-bond acceptors (Lipinski definition) is 7. The van der Waals surface area contributed by atoms with Crippen LogP contribution < -0.4 is 16.2 Å². The number of piperazine rings is 1. The minimum atomic E-state index is -1.31. The number of carboxylic acids is 1.